The molecule has 2 aromatic carbocycles. The lowest BCUT2D eigenvalue weighted by Crippen LogP contribution is -2.36. The highest BCUT2D eigenvalue weighted by molar-refractivity contribution is 6.22. The number of hydrogen-bond donors (Lipinski definition) is 0. The number of nitrogens with zero attached hydrogens (tertiary/aromatic N) is 2. The lowest BCUT2D eigenvalue weighted by molar-refractivity contribution is 0.0475. The number of methoxy groups -OCH3 is 2. The molecule has 0 aliphatic carbocycles. The molecular weight excluding hydrogens is 424 g/mol. The zero-order chi connectivity index (χ0) is 23.1. The fourth-order valence-corrected chi connectivity index (χ4v) is 4.82. The van der Waals surface area contributed by atoms with Crippen LogP contribution in [0.1, 0.15) is 55.0 Å². The van der Waals surface area contributed by atoms with Crippen LogP contribution in [0.5, 0.6) is 11.5 Å². The van der Waals surface area contributed by atoms with E-state index in [1.807, 2.05) is 12.1 Å². The van der Waals surface area contributed by atoms with E-state index in [9.17, 15) is 14.4 Å². The Kier molecular flexibility index (Phi) is 5.54. The number of fused-ring (bicyclic) bond motifs is 2. The summed E-state index contributed by atoms with van der Waals surface area (Å²) in [5.41, 5.74) is 3.15. The Labute approximate surface area is 192 Å². The van der Waals surface area contributed by atoms with Crippen molar-refractivity contribution in [2.75, 3.05) is 33.9 Å². The first-order chi connectivity index (χ1) is 16.0. The zero-order valence-corrected chi connectivity index (χ0v) is 18.8. The molecule has 33 heavy (non-hydrogen) atoms. The van der Waals surface area contributed by atoms with Gasteiger partial charge in [-0.05, 0) is 60.7 Å². The summed E-state index contributed by atoms with van der Waals surface area (Å²) >= 11 is 0. The topological polar surface area (TPSA) is 85.4 Å². The highest BCUT2D eigenvalue weighted by Gasteiger charge is 2.38. The molecule has 1 saturated heterocycles. The van der Waals surface area contributed by atoms with E-state index in [2.05, 4.69) is 0 Å². The third-order valence-corrected chi connectivity index (χ3v) is 6.63. The molecule has 2 aromatic rings. The number of benzene rings is 2. The Morgan fingerprint density at radius 2 is 1.76 bits per heavy atom. The summed E-state index contributed by atoms with van der Waals surface area (Å²) in [6.45, 7) is 1.90. The average molecular weight is 450 g/mol. The maximum absolute atomic E-state index is 13.3. The van der Waals surface area contributed by atoms with Gasteiger partial charge in [0.15, 0.2) is 11.5 Å². The van der Waals surface area contributed by atoms with Crippen molar-refractivity contribution >= 4 is 17.7 Å². The van der Waals surface area contributed by atoms with E-state index in [0.717, 1.165) is 24.0 Å². The minimum atomic E-state index is -0.360. The summed E-state index contributed by atoms with van der Waals surface area (Å²) in [4.78, 5) is 42.0. The van der Waals surface area contributed by atoms with Gasteiger partial charge < -0.3 is 19.1 Å². The molecule has 0 spiro atoms. The second-order valence-electron chi connectivity index (χ2n) is 8.57. The molecule has 172 valence electrons. The second-order valence-corrected chi connectivity index (χ2v) is 8.57. The fraction of sp³-hybridized carbons (Fsp3) is 0.400. The Morgan fingerprint density at radius 3 is 2.45 bits per heavy atom. The van der Waals surface area contributed by atoms with Gasteiger partial charge in [-0.15, -0.1) is 0 Å². The number of imide groups is 1. The lowest BCUT2D eigenvalue weighted by atomic mass is 9.97. The fourth-order valence-electron chi connectivity index (χ4n) is 4.82. The summed E-state index contributed by atoms with van der Waals surface area (Å²) in [6, 6.07) is 8.63. The van der Waals surface area contributed by atoms with Crippen molar-refractivity contribution in [3.63, 3.8) is 0 Å². The molecule has 3 aliphatic rings. The summed E-state index contributed by atoms with van der Waals surface area (Å²) in [7, 11) is 3.19. The van der Waals surface area contributed by atoms with Gasteiger partial charge >= 0.3 is 0 Å². The van der Waals surface area contributed by atoms with Gasteiger partial charge in [0.05, 0.1) is 38.0 Å². The first-order valence-corrected chi connectivity index (χ1v) is 11.1. The minimum Gasteiger partial charge on any atom is -0.493 e. The van der Waals surface area contributed by atoms with E-state index >= 15 is 0 Å². The Morgan fingerprint density at radius 1 is 1.03 bits per heavy atom. The van der Waals surface area contributed by atoms with E-state index in [1.165, 1.54) is 4.90 Å². The van der Waals surface area contributed by atoms with Gasteiger partial charge in [0, 0.05) is 25.3 Å². The molecule has 3 heterocycles. The monoisotopic (exact) mass is 450 g/mol. The molecule has 0 saturated carbocycles. The average Bonchev–Trinajstić information content (AvgIpc) is 3.45. The molecule has 0 N–H and O–H groups in total. The molecule has 0 aromatic heterocycles. The van der Waals surface area contributed by atoms with Gasteiger partial charge in [-0.25, -0.2) is 0 Å². The van der Waals surface area contributed by atoms with Gasteiger partial charge in [0.1, 0.15) is 0 Å². The van der Waals surface area contributed by atoms with Gasteiger partial charge in [-0.3, -0.25) is 19.3 Å². The molecule has 8 nitrogen and oxygen atoms in total. The van der Waals surface area contributed by atoms with Crippen LogP contribution in [0.2, 0.25) is 0 Å². The predicted octanol–water partition coefficient (Wildman–Crippen LogP) is 2.68. The van der Waals surface area contributed by atoms with Gasteiger partial charge in [-0.1, -0.05) is 0 Å². The number of amides is 3. The van der Waals surface area contributed by atoms with E-state index in [0.29, 0.717) is 48.7 Å². The van der Waals surface area contributed by atoms with Crippen LogP contribution in [-0.2, 0) is 17.7 Å². The van der Waals surface area contributed by atoms with Crippen LogP contribution in [0.25, 0.3) is 0 Å². The molecular formula is C25H26N2O6. The Hall–Kier alpha value is -3.39. The summed E-state index contributed by atoms with van der Waals surface area (Å²) in [5.74, 6) is 0.443. The third-order valence-electron chi connectivity index (χ3n) is 6.63. The summed E-state index contributed by atoms with van der Waals surface area (Å²) < 4.78 is 16.4. The van der Waals surface area contributed by atoms with Gasteiger partial charge in [0.25, 0.3) is 17.7 Å². The minimum absolute atomic E-state index is 0.114. The number of carbonyl (C=O) groups is 3. The van der Waals surface area contributed by atoms with Crippen molar-refractivity contribution in [3.05, 3.63) is 58.1 Å². The molecule has 0 bridgehead atoms. The highest BCUT2D eigenvalue weighted by atomic mass is 16.5. The molecule has 0 radical (unpaired) electrons. The van der Waals surface area contributed by atoms with Crippen molar-refractivity contribution in [1.29, 1.82) is 0 Å². The zero-order valence-electron chi connectivity index (χ0n) is 18.8. The van der Waals surface area contributed by atoms with Crippen LogP contribution in [-0.4, -0.2) is 67.5 Å². The quantitative estimate of drug-likeness (QED) is 0.651. The Balaban J connectivity index is 1.35. The summed E-state index contributed by atoms with van der Waals surface area (Å²) in [6.07, 6.45) is 2.35. The first-order valence-electron chi connectivity index (χ1n) is 11.1. The molecule has 3 amide bonds. The number of hydrogen-bond acceptors (Lipinski definition) is 6. The smallest absolute Gasteiger partial charge is 0.261 e. The van der Waals surface area contributed by atoms with Crippen LogP contribution in [0.15, 0.2) is 30.3 Å². The highest BCUT2D eigenvalue weighted by Crippen LogP contribution is 2.34. The Bertz CT molecular complexity index is 1140. The van der Waals surface area contributed by atoms with Crippen LogP contribution in [0.4, 0.5) is 0 Å². The van der Waals surface area contributed by atoms with Crippen molar-refractivity contribution in [1.82, 2.24) is 9.80 Å². The normalized spacial score (nSPS) is 19.5. The van der Waals surface area contributed by atoms with E-state index < -0.39 is 0 Å². The maximum atomic E-state index is 13.3. The SMILES string of the molecule is COc1cc2c(cc1OC)CN(C(=O)c1ccc3c(c1)C(=O)N(CC1CCCO1)C3=O)CC2. The van der Waals surface area contributed by atoms with Crippen molar-refractivity contribution in [3.8, 4) is 11.5 Å². The van der Waals surface area contributed by atoms with Crippen molar-refractivity contribution in [2.24, 2.45) is 0 Å². The number of carbonyl (C=O) groups excluding carboxylic acids is 3. The van der Waals surface area contributed by atoms with Crippen LogP contribution < -0.4 is 9.47 Å². The first kappa shape index (κ1) is 21.5. The molecule has 1 fully saturated rings. The van der Waals surface area contributed by atoms with Crippen LogP contribution in [0.3, 0.4) is 0 Å². The van der Waals surface area contributed by atoms with Gasteiger partial charge in [0.2, 0.25) is 0 Å². The molecule has 8 heteroatoms. The summed E-state index contributed by atoms with van der Waals surface area (Å²) in [5, 5.41) is 0. The molecule has 3 aliphatic heterocycles. The third kappa shape index (κ3) is 3.74. The van der Waals surface area contributed by atoms with Gasteiger partial charge in [-0.2, -0.15) is 0 Å². The molecule has 1 atom stereocenters. The van der Waals surface area contributed by atoms with E-state index in [1.54, 1.807) is 37.3 Å². The van der Waals surface area contributed by atoms with Crippen molar-refractivity contribution < 1.29 is 28.6 Å². The number of ether oxygens (including phenoxy) is 3. The lowest BCUT2D eigenvalue weighted by Gasteiger charge is -2.29. The van der Waals surface area contributed by atoms with E-state index in [4.69, 9.17) is 14.2 Å². The number of rotatable bonds is 5. The van der Waals surface area contributed by atoms with Crippen LogP contribution >= 0.6 is 0 Å². The maximum Gasteiger partial charge on any atom is 0.261 e. The van der Waals surface area contributed by atoms with Crippen LogP contribution in [0, 0.1) is 0 Å². The standard InChI is InChI=1S/C25H26N2O6/c1-31-21-11-15-7-8-26(13-17(15)12-22(21)32-2)23(28)16-5-6-19-20(10-16)25(30)27(24(19)29)14-18-4-3-9-33-18/h5-6,10-12,18H,3-4,7-9,13-14H2,1-2H3. The second kappa shape index (κ2) is 8.51. The largest absolute Gasteiger partial charge is 0.493 e. The van der Waals surface area contributed by atoms with Crippen molar-refractivity contribution in [2.45, 2.75) is 31.9 Å². The molecule has 5 rings (SSSR count). The predicted molar refractivity (Wildman–Crippen MR) is 119 cm³/mol. The van der Waals surface area contributed by atoms with E-state index in [-0.39, 0.29) is 35.9 Å². The molecule has 1 unspecified atom stereocenters.